The molecule has 0 spiro atoms. The molecule has 28 heavy (non-hydrogen) atoms. The molecule has 1 fully saturated rings. The average molecular weight is 372 g/mol. The highest BCUT2D eigenvalue weighted by Crippen LogP contribution is 2.21. The summed E-state index contributed by atoms with van der Waals surface area (Å²) in [5, 5.41) is 2.04. The molecule has 0 aliphatic carbocycles. The van der Waals surface area contributed by atoms with Crippen molar-refractivity contribution in [2.75, 3.05) is 26.2 Å². The number of amides is 2. The Labute approximate surface area is 165 Å². The summed E-state index contributed by atoms with van der Waals surface area (Å²) in [7, 11) is 0. The maximum absolute atomic E-state index is 13.1. The highest BCUT2D eigenvalue weighted by molar-refractivity contribution is 6.07. The molecule has 0 N–H and O–H groups in total. The van der Waals surface area contributed by atoms with Gasteiger partial charge in [-0.25, -0.2) is 0 Å². The van der Waals surface area contributed by atoms with Gasteiger partial charge >= 0.3 is 0 Å². The van der Waals surface area contributed by atoms with Gasteiger partial charge in [0.2, 0.25) is 0 Å². The predicted molar refractivity (Wildman–Crippen MR) is 112 cm³/mol. The molecule has 1 aliphatic rings. The maximum atomic E-state index is 13.1. The number of nitrogens with zero attached hydrogens (tertiary/aromatic N) is 2. The molecule has 3 aromatic rings. The summed E-state index contributed by atoms with van der Waals surface area (Å²) >= 11 is 0. The number of hydrogen-bond donors (Lipinski definition) is 0. The minimum Gasteiger partial charge on any atom is -0.335 e. The first-order valence-corrected chi connectivity index (χ1v) is 9.68. The Balaban J connectivity index is 1.47. The molecule has 142 valence electrons. The first kappa shape index (κ1) is 18.2. The zero-order valence-corrected chi connectivity index (χ0v) is 16.3. The van der Waals surface area contributed by atoms with Gasteiger partial charge in [-0.1, -0.05) is 42.5 Å². The van der Waals surface area contributed by atoms with Gasteiger partial charge in [0.15, 0.2) is 0 Å². The molecule has 0 bridgehead atoms. The third kappa shape index (κ3) is 3.38. The van der Waals surface area contributed by atoms with Crippen LogP contribution in [-0.2, 0) is 0 Å². The van der Waals surface area contributed by atoms with Crippen LogP contribution in [0.5, 0.6) is 0 Å². The van der Waals surface area contributed by atoms with Crippen LogP contribution < -0.4 is 0 Å². The lowest BCUT2D eigenvalue weighted by Crippen LogP contribution is -2.50. The predicted octanol–water partition coefficient (Wildman–Crippen LogP) is 4.05. The lowest BCUT2D eigenvalue weighted by molar-refractivity contribution is 0.0536. The van der Waals surface area contributed by atoms with E-state index in [4.69, 9.17) is 0 Å². The fourth-order valence-corrected chi connectivity index (χ4v) is 3.75. The second kappa shape index (κ2) is 7.47. The van der Waals surface area contributed by atoms with Gasteiger partial charge in [0.1, 0.15) is 0 Å². The maximum Gasteiger partial charge on any atom is 0.254 e. The van der Waals surface area contributed by atoms with Crippen LogP contribution >= 0.6 is 0 Å². The van der Waals surface area contributed by atoms with Crippen LogP contribution in [-0.4, -0.2) is 47.8 Å². The van der Waals surface area contributed by atoms with E-state index in [1.165, 1.54) is 5.56 Å². The van der Waals surface area contributed by atoms with Crippen molar-refractivity contribution in [1.82, 2.24) is 9.80 Å². The van der Waals surface area contributed by atoms with E-state index in [1.54, 1.807) is 0 Å². The summed E-state index contributed by atoms with van der Waals surface area (Å²) in [5.74, 6) is 0.0791. The number of hydrogen-bond acceptors (Lipinski definition) is 2. The van der Waals surface area contributed by atoms with Crippen LogP contribution in [0.25, 0.3) is 10.8 Å². The molecule has 1 aliphatic heterocycles. The molecule has 2 amide bonds. The zero-order valence-electron chi connectivity index (χ0n) is 16.3. The Morgan fingerprint density at radius 2 is 1.36 bits per heavy atom. The number of aryl methyl sites for hydroxylation is 2. The summed E-state index contributed by atoms with van der Waals surface area (Å²) in [6.07, 6.45) is 0. The van der Waals surface area contributed by atoms with Crippen molar-refractivity contribution in [2.24, 2.45) is 0 Å². The summed E-state index contributed by atoms with van der Waals surface area (Å²) in [6.45, 7) is 6.29. The van der Waals surface area contributed by atoms with Gasteiger partial charge < -0.3 is 9.80 Å². The third-order valence-corrected chi connectivity index (χ3v) is 5.63. The third-order valence-electron chi connectivity index (χ3n) is 5.63. The van der Waals surface area contributed by atoms with Crippen molar-refractivity contribution in [1.29, 1.82) is 0 Å². The SMILES string of the molecule is Cc1ccc(C(=O)N2CCN(C(=O)c3cccc4ccccc34)CC2)cc1C. The Morgan fingerprint density at radius 3 is 2.07 bits per heavy atom. The standard InChI is InChI=1S/C24H24N2O2/c1-17-10-11-20(16-18(17)2)23(27)25-12-14-26(15-13-25)24(28)22-9-5-7-19-6-3-4-8-21(19)22/h3-11,16H,12-15H2,1-2H3. The average Bonchev–Trinajstić information content (AvgIpc) is 2.74. The topological polar surface area (TPSA) is 40.6 Å². The van der Waals surface area contributed by atoms with Crippen molar-refractivity contribution in [2.45, 2.75) is 13.8 Å². The summed E-state index contributed by atoms with van der Waals surface area (Å²) in [5.41, 5.74) is 3.75. The van der Waals surface area contributed by atoms with E-state index < -0.39 is 0 Å². The molecule has 4 heteroatoms. The number of rotatable bonds is 2. The normalized spacial score (nSPS) is 14.4. The van der Waals surface area contributed by atoms with Gasteiger partial charge in [-0.3, -0.25) is 9.59 Å². The number of piperazine rings is 1. The highest BCUT2D eigenvalue weighted by Gasteiger charge is 2.26. The lowest BCUT2D eigenvalue weighted by atomic mass is 10.0. The summed E-state index contributed by atoms with van der Waals surface area (Å²) in [4.78, 5) is 29.6. The number of benzene rings is 3. The monoisotopic (exact) mass is 372 g/mol. The molecule has 3 aromatic carbocycles. The molecule has 0 unspecified atom stereocenters. The van der Waals surface area contributed by atoms with E-state index in [0.717, 1.165) is 27.5 Å². The second-order valence-electron chi connectivity index (χ2n) is 7.41. The molecular formula is C24H24N2O2. The minimum absolute atomic E-state index is 0.0371. The van der Waals surface area contributed by atoms with Gasteiger partial charge in [0, 0.05) is 37.3 Å². The van der Waals surface area contributed by atoms with Crippen LogP contribution in [0.15, 0.2) is 60.7 Å². The summed E-state index contributed by atoms with van der Waals surface area (Å²) in [6, 6.07) is 19.6. The smallest absolute Gasteiger partial charge is 0.254 e. The number of carbonyl (C=O) groups is 2. The molecule has 4 nitrogen and oxygen atoms in total. The molecule has 1 heterocycles. The van der Waals surface area contributed by atoms with Gasteiger partial charge in [0.05, 0.1) is 0 Å². The first-order valence-electron chi connectivity index (χ1n) is 9.68. The van der Waals surface area contributed by atoms with Crippen molar-refractivity contribution in [3.05, 3.63) is 82.9 Å². The van der Waals surface area contributed by atoms with E-state index in [0.29, 0.717) is 26.2 Å². The molecule has 0 aromatic heterocycles. The molecule has 4 rings (SSSR count). The fraction of sp³-hybridized carbons (Fsp3) is 0.250. The fourth-order valence-electron chi connectivity index (χ4n) is 3.75. The summed E-state index contributed by atoms with van der Waals surface area (Å²) < 4.78 is 0. The molecule has 0 radical (unpaired) electrons. The van der Waals surface area contributed by atoms with Crippen molar-refractivity contribution in [3.8, 4) is 0 Å². The van der Waals surface area contributed by atoms with E-state index >= 15 is 0 Å². The number of fused-ring (bicyclic) bond motifs is 1. The van der Waals surface area contributed by atoms with Crippen molar-refractivity contribution in [3.63, 3.8) is 0 Å². The van der Waals surface area contributed by atoms with Crippen LogP contribution in [0.2, 0.25) is 0 Å². The quantitative estimate of drug-likeness (QED) is 0.681. The molecule has 1 saturated heterocycles. The van der Waals surface area contributed by atoms with Gasteiger partial charge in [0.25, 0.3) is 11.8 Å². The van der Waals surface area contributed by atoms with Gasteiger partial charge in [-0.2, -0.15) is 0 Å². The highest BCUT2D eigenvalue weighted by atomic mass is 16.2. The molecule has 0 atom stereocenters. The molecular weight excluding hydrogens is 348 g/mol. The first-order chi connectivity index (χ1) is 13.5. The lowest BCUT2D eigenvalue weighted by Gasteiger charge is -2.35. The van der Waals surface area contributed by atoms with Crippen LogP contribution in [0, 0.1) is 13.8 Å². The van der Waals surface area contributed by atoms with E-state index in [9.17, 15) is 9.59 Å². The number of carbonyl (C=O) groups excluding carboxylic acids is 2. The van der Waals surface area contributed by atoms with Gasteiger partial charge in [-0.05, 0) is 53.9 Å². The van der Waals surface area contributed by atoms with E-state index in [-0.39, 0.29) is 11.8 Å². The van der Waals surface area contributed by atoms with Crippen LogP contribution in [0.4, 0.5) is 0 Å². The van der Waals surface area contributed by atoms with E-state index in [1.807, 2.05) is 84.3 Å². The Bertz CT molecular complexity index is 1040. The van der Waals surface area contributed by atoms with Crippen LogP contribution in [0.1, 0.15) is 31.8 Å². The second-order valence-corrected chi connectivity index (χ2v) is 7.41. The zero-order chi connectivity index (χ0) is 19.7. The largest absolute Gasteiger partial charge is 0.335 e. The minimum atomic E-state index is 0.0371. The van der Waals surface area contributed by atoms with Crippen molar-refractivity contribution < 1.29 is 9.59 Å². The Hall–Kier alpha value is -3.14. The Kier molecular flexibility index (Phi) is 4.86. The molecule has 0 saturated carbocycles. The van der Waals surface area contributed by atoms with Gasteiger partial charge in [-0.15, -0.1) is 0 Å². The Morgan fingerprint density at radius 1 is 0.714 bits per heavy atom. The van der Waals surface area contributed by atoms with Crippen LogP contribution in [0.3, 0.4) is 0 Å². The van der Waals surface area contributed by atoms with E-state index in [2.05, 4.69) is 0 Å². The van der Waals surface area contributed by atoms with Crippen molar-refractivity contribution >= 4 is 22.6 Å².